The topological polar surface area (TPSA) is 83.4 Å². The molecule has 1 aromatic heterocycles. The van der Waals surface area contributed by atoms with Gasteiger partial charge in [-0.2, -0.15) is 0 Å². The molecule has 0 aliphatic carbocycles. The molecule has 0 aliphatic rings. The smallest absolute Gasteiger partial charge is 0.267 e. The molecule has 6 nitrogen and oxygen atoms in total. The van der Waals surface area contributed by atoms with Crippen molar-refractivity contribution in [2.45, 2.75) is 0 Å². The van der Waals surface area contributed by atoms with Crippen molar-refractivity contribution < 1.29 is 14.8 Å². The summed E-state index contributed by atoms with van der Waals surface area (Å²) in [5, 5.41) is 11.4. The van der Waals surface area contributed by atoms with Crippen LogP contribution in [0.2, 0.25) is 0 Å². The summed E-state index contributed by atoms with van der Waals surface area (Å²) < 4.78 is 1.87. The van der Waals surface area contributed by atoms with Crippen molar-refractivity contribution in [2.24, 2.45) is 0 Å². The van der Waals surface area contributed by atoms with Crippen LogP contribution in [0.15, 0.2) is 79.1 Å². The third-order valence-corrected chi connectivity index (χ3v) is 3.76. The van der Waals surface area contributed by atoms with E-state index in [1.165, 1.54) is 17.6 Å². The minimum Gasteiger partial charge on any atom is -0.323 e. The number of hydrogen-bond acceptors (Lipinski definition) is 3. The minimum atomic E-state index is -0.649. The summed E-state index contributed by atoms with van der Waals surface area (Å²) >= 11 is 0. The molecule has 0 unspecified atom stereocenters. The van der Waals surface area contributed by atoms with Gasteiger partial charge in [-0.3, -0.25) is 14.8 Å². The van der Waals surface area contributed by atoms with Gasteiger partial charge in [0.2, 0.25) is 0 Å². The molecule has 0 atom stereocenters. The largest absolute Gasteiger partial charge is 0.323 e. The molecule has 6 heteroatoms. The maximum Gasteiger partial charge on any atom is 0.267 e. The molecule has 1 heterocycles. The number of aromatic nitrogens is 1. The van der Waals surface area contributed by atoms with E-state index in [1.54, 1.807) is 36.4 Å². The van der Waals surface area contributed by atoms with E-state index in [0.29, 0.717) is 16.8 Å². The van der Waals surface area contributed by atoms with Crippen molar-refractivity contribution in [3.05, 3.63) is 90.3 Å². The van der Waals surface area contributed by atoms with Crippen LogP contribution in [0.1, 0.15) is 15.9 Å². The summed E-state index contributed by atoms with van der Waals surface area (Å²) in [7, 11) is 0. The van der Waals surface area contributed by atoms with Gasteiger partial charge in [-0.05, 0) is 42.0 Å². The number of carbonyl (C=O) groups excluding carboxylic acids is 2. The predicted octanol–water partition coefficient (Wildman–Crippen LogP) is 3.25. The van der Waals surface area contributed by atoms with Gasteiger partial charge in [-0.1, -0.05) is 30.3 Å². The Balaban J connectivity index is 1.88. The lowest BCUT2D eigenvalue weighted by Gasteiger charge is -2.12. The van der Waals surface area contributed by atoms with E-state index >= 15 is 0 Å². The van der Waals surface area contributed by atoms with E-state index in [0.717, 1.165) is 5.69 Å². The summed E-state index contributed by atoms with van der Waals surface area (Å²) in [4.78, 5) is 24.0. The van der Waals surface area contributed by atoms with Crippen LogP contribution < -0.4 is 10.8 Å². The molecule has 2 amide bonds. The second-order valence-corrected chi connectivity index (χ2v) is 5.46. The van der Waals surface area contributed by atoms with Crippen molar-refractivity contribution in [1.82, 2.24) is 10.0 Å². The fourth-order valence-corrected chi connectivity index (χ4v) is 2.53. The van der Waals surface area contributed by atoms with Gasteiger partial charge < -0.3 is 9.88 Å². The van der Waals surface area contributed by atoms with E-state index in [2.05, 4.69) is 5.32 Å². The van der Waals surface area contributed by atoms with Crippen LogP contribution >= 0.6 is 0 Å². The molecule has 3 aromatic rings. The third-order valence-electron chi connectivity index (χ3n) is 3.76. The molecule has 2 aromatic carbocycles. The van der Waals surface area contributed by atoms with Crippen LogP contribution in [-0.2, 0) is 4.79 Å². The lowest BCUT2D eigenvalue weighted by atomic mass is 10.1. The Bertz CT molecular complexity index is 946. The number of nitrogens with one attached hydrogen (secondary N) is 2. The summed E-state index contributed by atoms with van der Waals surface area (Å²) in [6.07, 6.45) is 6.43. The number of nitrogens with zero attached hydrogens (tertiary/aromatic N) is 1. The highest BCUT2D eigenvalue weighted by atomic mass is 16.5. The van der Waals surface area contributed by atoms with Crippen LogP contribution in [0, 0.1) is 0 Å². The molecule has 130 valence electrons. The number of rotatable bonds is 5. The van der Waals surface area contributed by atoms with Crippen molar-refractivity contribution in [1.29, 1.82) is 0 Å². The first-order valence-electron chi connectivity index (χ1n) is 7.94. The Labute approximate surface area is 150 Å². The van der Waals surface area contributed by atoms with Gasteiger partial charge in [0.25, 0.3) is 11.8 Å². The first-order valence-corrected chi connectivity index (χ1v) is 7.94. The zero-order valence-electron chi connectivity index (χ0n) is 13.8. The number of benzene rings is 2. The fraction of sp³-hybridized carbons (Fsp3) is 0. The molecule has 0 saturated heterocycles. The Hall–Kier alpha value is -3.64. The molecule has 0 aliphatic heterocycles. The van der Waals surface area contributed by atoms with Crippen molar-refractivity contribution in [3.8, 4) is 5.69 Å². The Morgan fingerprint density at radius 2 is 1.62 bits per heavy atom. The van der Waals surface area contributed by atoms with Gasteiger partial charge in [0.15, 0.2) is 0 Å². The zero-order valence-corrected chi connectivity index (χ0v) is 13.8. The number of hydrogen-bond donors (Lipinski definition) is 3. The summed E-state index contributed by atoms with van der Waals surface area (Å²) in [6, 6.07) is 18.2. The van der Waals surface area contributed by atoms with Crippen LogP contribution in [0.4, 0.5) is 5.69 Å². The molecular formula is C20H17N3O3. The van der Waals surface area contributed by atoms with E-state index < -0.39 is 5.91 Å². The van der Waals surface area contributed by atoms with E-state index in [1.807, 2.05) is 41.2 Å². The molecule has 3 N–H and O–H groups in total. The lowest BCUT2D eigenvalue weighted by molar-refractivity contribution is -0.124. The molecule has 0 radical (unpaired) electrons. The van der Waals surface area contributed by atoms with Crippen molar-refractivity contribution in [3.63, 3.8) is 0 Å². The number of para-hydroxylation sites is 2. The monoisotopic (exact) mass is 347 g/mol. The Morgan fingerprint density at radius 1 is 0.923 bits per heavy atom. The van der Waals surface area contributed by atoms with Crippen LogP contribution in [-0.4, -0.2) is 21.6 Å². The molecular weight excluding hydrogens is 330 g/mol. The van der Waals surface area contributed by atoms with Gasteiger partial charge >= 0.3 is 0 Å². The maximum atomic E-state index is 12.8. The van der Waals surface area contributed by atoms with E-state index in [9.17, 15) is 9.59 Å². The maximum absolute atomic E-state index is 12.8. The highest BCUT2D eigenvalue weighted by Gasteiger charge is 2.13. The van der Waals surface area contributed by atoms with Crippen LogP contribution in [0.3, 0.4) is 0 Å². The number of hydroxylamine groups is 1. The van der Waals surface area contributed by atoms with E-state index in [4.69, 9.17) is 5.21 Å². The standard InChI is InChI=1S/C20H17N3O3/c24-19(22-26)12-11-15-7-1-3-9-17(15)21-20(25)16-8-2-4-10-18(16)23-13-5-6-14-23/h1-14,26H,(H,21,25)(H,22,24). The van der Waals surface area contributed by atoms with Gasteiger partial charge in [0.1, 0.15) is 0 Å². The Kier molecular flexibility index (Phi) is 5.26. The van der Waals surface area contributed by atoms with Gasteiger partial charge in [-0.15, -0.1) is 0 Å². The molecule has 26 heavy (non-hydrogen) atoms. The quantitative estimate of drug-likeness (QED) is 0.376. The highest BCUT2D eigenvalue weighted by molar-refractivity contribution is 6.07. The van der Waals surface area contributed by atoms with Crippen LogP contribution in [0.25, 0.3) is 11.8 Å². The number of carbonyl (C=O) groups is 2. The van der Waals surface area contributed by atoms with Gasteiger partial charge in [-0.25, -0.2) is 5.48 Å². The van der Waals surface area contributed by atoms with Gasteiger partial charge in [0, 0.05) is 24.2 Å². The van der Waals surface area contributed by atoms with Crippen LogP contribution in [0.5, 0.6) is 0 Å². The summed E-state index contributed by atoms with van der Waals surface area (Å²) in [5.74, 6) is -0.911. The summed E-state index contributed by atoms with van der Waals surface area (Å²) in [5.41, 5.74) is 4.02. The predicted molar refractivity (Wildman–Crippen MR) is 99.1 cm³/mol. The third kappa shape index (κ3) is 3.88. The van der Waals surface area contributed by atoms with Crippen molar-refractivity contribution >= 4 is 23.6 Å². The molecule has 0 saturated carbocycles. The normalized spacial score (nSPS) is 10.7. The minimum absolute atomic E-state index is 0.262. The lowest BCUT2D eigenvalue weighted by Crippen LogP contribution is -2.16. The van der Waals surface area contributed by atoms with E-state index in [-0.39, 0.29) is 5.91 Å². The fourth-order valence-electron chi connectivity index (χ4n) is 2.53. The molecule has 0 spiro atoms. The molecule has 3 rings (SSSR count). The van der Waals surface area contributed by atoms with Gasteiger partial charge in [0.05, 0.1) is 11.3 Å². The SMILES string of the molecule is O=C(C=Cc1ccccc1NC(=O)c1ccccc1-n1cccc1)NO. The molecule has 0 bridgehead atoms. The number of amides is 2. The second-order valence-electron chi connectivity index (χ2n) is 5.46. The van der Waals surface area contributed by atoms with Crippen molar-refractivity contribution in [2.75, 3.05) is 5.32 Å². The average Bonchev–Trinajstić information content (AvgIpc) is 3.21. The Morgan fingerprint density at radius 3 is 2.38 bits per heavy atom. The molecule has 0 fully saturated rings. The highest BCUT2D eigenvalue weighted by Crippen LogP contribution is 2.20. The first-order chi connectivity index (χ1) is 12.7. The summed E-state index contributed by atoms with van der Waals surface area (Å²) in [6.45, 7) is 0. The second kappa shape index (κ2) is 7.96. The zero-order chi connectivity index (χ0) is 18.4. The number of anilines is 1. The first kappa shape index (κ1) is 17.2. The average molecular weight is 347 g/mol.